The first-order chi connectivity index (χ1) is 7.86. The minimum atomic E-state index is 0. The normalized spacial score (nSPS) is 10.8. The number of nitrogens with one attached hydrogen (secondary N) is 2. The molecule has 0 aliphatic rings. The van der Waals surface area contributed by atoms with Gasteiger partial charge in [0.15, 0.2) is 5.96 Å². The van der Waals surface area contributed by atoms with Crippen LogP contribution in [0.3, 0.4) is 0 Å². The molecule has 5 heteroatoms. The second-order valence-corrected chi connectivity index (χ2v) is 4.64. The van der Waals surface area contributed by atoms with Crippen molar-refractivity contribution in [3.63, 3.8) is 0 Å². The van der Waals surface area contributed by atoms with Crippen molar-refractivity contribution in [2.24, 2.45) is 4.99 Å². The van der Waals surface area contributed by atoms with Crippen LogP contribution in [0.4, 0.5) is 0 Å². The summed E-state index contributed by atoms with van der Waals surface area (Å²) in [6.45, 7) is 4.12. The van der Waals surface area contributed by atoms with Crippen LogP contribution in [-0.2, 0) is 6.42 Å². The van der Waals surface area contributed by atoms with Crippen molar-refractivity contribution in [1.29, 1.82) is 0 Å². The van der Waals surface area contributed by atoms with Gasteiger partial charge in [-0.1, -0.05) is 19.4 Å². The number of hydrogen-bond donors (Lipinski definition) is 2. The zero-order valence-electron chi connectivity index (χ0n) is 10.5. The van der Waals surface area contributed by atoms with E-state index in [1.54, 1.807) is 11.3 Å². The summed E-state index contributed by atoms with van der Waals surface area (Å²) in [5, 5.41) is 8.72. The number of unbranched alkanes of at least 4 members (excludes halogenated alkanes) is 1. The Morgan fingerprint density at radius 1 is 1.35 bits per heavy atom. The number of thiophene rings is 1. The van der Waals surface area contributed by atoms with E-state index in [9.17, 15) is 0 Å². The molecular formula is C12H22IN3S. The van der Waals surface area contributed by atoms with Gasteiger partial charge in [0, 0.05) is 25.0 Å². The van der Waals surface area contributed by atoms with Crippen LogP contribution in [0.2, 0.25) is 0 Å². The average molecular weight is 367 g/mol. The molecule has 1 aromatic rings. The molecule has 2 N–H and O–H groups in total. The van der Waals surface area contributed by atoms with E-state index in [0.29, 0.717) is 0 Å². The van der Waals surface area contributed by atoms with E-state index in [4.69, 9.17) is 0 Å². The summed E-state index contributed by atoms with van der Waals surface area (Å²) in [5.41, 5.74) is 0. The summed E-state index contributed by atoms with van der Waals surface area (Å²) in [4.78, 5) is 5.59. The molecule has 0 unspecified atom stereocenters. The van der Waals surface area contributed by atoms with Crippen LogP contribution in [0.5, 0.6) is 0 Å². The lowest BCUT2D eigenvalue weighted by molar-refractivity contribution is 0.727. The number of nitrogens with zero attached hydrogens (tertiary/aromatic N) is 1. The van der Waals surface area contributed by atoms with Crippen molar-refractivity contribution in [3.05, 3.63) is 22.4 Å². The molecule has 1 aromatic heterocycles. The van der Waals surface area contributed by atoms with Crippen molar-refractivity contribution in [1.82, 2.24) is 10.6 Å². The van der Waals surface area contributed by atoms with Crippen molar-refractivity contribution in [2.75, 3.05) is 20.1 Å². The Morgan fingerprint density at radius 2 is 2.12 bits per heavy atom. The minimum Gasteiger partial charge on any atom is -0.356 e. The Hall–Kier alpha value is -0.300. The van der Waals surface area contributed by atoms with Gasteiger partial charge in [-0.05, 0) is 24.3 Å². The molecule has 0 amide bonds. The number of hydrogen-bond acceptors (Lipinski definition) is 2. The highest BCUT2D eigenvalue weighted by Crippen LogP contribution is 2.07. The Bertz CT molecular complexity index is 299. The molecule has 0 atom stereocenters. The summed E-state index contributed by atoms with van der Waals surface area (Å²) in [6, 6.07) is 4.26. The Kier molecular flexibility index (Phi) is 10.6. The molecule has 3 nitrogen and oxygen atoms in total. The van der Waals surface area contributed by atoms with Gasteiger partial charge in [0.05, 0.1) is 0 Å². The van der Waals surface area contributed by atoms with Gasteiger partial charge in [0.2, 0.25) is 0 Å². The van der Waals surface area contributed by atoms with E-state index in [0.717, 1.165) is 25.5 Å². The number of guanidine groups is 1. The van der Waals surface area contributed by atoms with Crippen molar-refractivity contribution in [3.8, 4) is 0 Å². The molecule has 1 heterocycles. The number of halogens is 1. The Balaban J connectivity index is 0.00000256. The molecule has 0 saturated heterocycles. The fourth-order valence-electron chi connectivity index (χ4n) is 1.36. The predicted molar refractivity (Wildman–Crippen MR) is 87.7 cm³/mol. The topological polar surface area (TPSA) is 36.4 Å². The molecule has 0 aromatic carbocycles. The fourth-order valence-corrected chi connectivity index (χ4v) is 2.07. The third-order valence-electron chi connectivity index (χ3n) is 2.29. The summed E-state index contributed by atoms with van der Waals surface area (Å²) in [6.07, 6.45) is 3.46. The SMILES string of the molecule is CCCCNC(=NC)NCCc1cccs1.I. The maximum Gasteiger partial charge on any atom is 0.190 e. The van der Waals surface area contributed by atoms with Crippen LogP contribution >= 0.6 is 35.3 Å². The van der Waals surface area contributed by atoms with Gasteiger partial charge in [-0.25, -0.2) is 0 Å². The third-order valence-corrected chi connectivity index (χ3v) is 3.23. The molecule has 0 radical (unpaired) electrons. The molecule has 17 heavy (non-hydrogen) atoms. The first kappa shape index (κ1) is 16.7. The summed E-state index contributed by atoms with van der Waals surface area (Å²) >= 11 is 1.80. The van der Waals surface area contributed by atoms with Gasteiger partial charge in [-0.3, -0.25) is 4.99 Å². The van der Waals surface area contributed by atoms with E-state index >= 15 is 0 Å². The third kappa shape index (κ3) is 7.59. The van der Waals surface area contributed by atoms with Gasteiger partial charge in [-0.2, -0.15) is 0 Å². The second-order valence-electron chi connectivity index (χ2n) is 3.61. The van der Waals surface area contributed by atoms with Crippen molar-refractivity contribution in [2.45, 2.75) is 26.2 Å². The van der Waals surface area contributed by atoms with Gasteiger partial charge in [0.25, 0.3) is 0 Å². The highest BCUT2D eigenvalue weighted by atomic mass is 127. The van der Waals surface area contributed by atoms with Crippen LogP contribution < -0.4 is 10.6 Å². The average Bonchev–Trinajstić information content (AvgIpc) is 2.80. The van der Waals surface area contributed by atoms with Crippen molar-refractivity contribution >= 4 is 41.3 Å². The minimum absolute atomic E-state index is 0. The monoisotopic (exact) mass is 367 g/mol. The first-order valence-electron chi connectivity index (χ1n) is 5.83. The molecule has 0 aliphatic heterocycles. The molecule has 0 fully saturated rings. The molecule has 98 valence electrons. The smallest absolute Gasteiger partial charge is 0.190 e. The quantitative estimate of drug-likeness (QED) is 0.351. The predicted octanol–water partition coefficient (Wildman–Crippen LogP) is 2.87. The van der Waals surface area contributed by atoms with Gasteiger partial charge in [-0.15, -0.1) is 35.3 Å². The number of aliphatic imine (C=N–C) groups is 1. The van der Waals surface area contributed by atoms with E-state index in [-0.39, 0.29) is 24.0 Å². The van der Waals surface area contributed by atoms with Gasteiger partial charge >= 0.3 is 0 Å². The first-order valence-corrected chi connectivity index (χ1v) is 6.71. The van der Waals surface area contributed by atoms with Gasteiger partial charge < -0.3 is 10.6 Å². The molecular weight excluding hydrogens is 345 g/mol. The summed E-state index contributed by atoms with van der Waals surface area (Å²) < 4.78 is 0. The molecule has 1 rings (SSSR count). The largest absolute Gasteiger partial charge is 0.356 e. The van der Waals surface area contributed by atoms with E-state index < -0.39 is 0 Å². The lowest BCUT2D eigenvalue weighted by Crippen LogP contribution is -2.38. The highest BCUT2D eigenvalue weighted by molar-refractivity contribution is 14.0. The molecule has 0 bridgehead atoms. The zero-order valence-corrected chi connectivity index (χ0v) is 13.7. The maximum atomic E-state index is 4.18. The van der Waals surface area contributed by atoms with E-state index in [1.165, 1.54) is 17.7 Å². The molecule has 0 aliphatic carbocycles. The lowest BCUT2D eigenvalue weighted by atomic mass is 10.3. The summed E-state index contributed by atoms with van der Waals surface area (Å²) in [5.74, 6) is 0.907. The fraction of sp³-hybridized carbons (Fsp3) is 0.583. The van der Waals surface area contributed by atoms with Crippen molar-refractivity contribution < 1.29 is 0 Å². The Morgan fingerprint density at radius 3 is 2.71 bits per heavy atom. The molecule has 0 saturated carbocycles. The second kappa shape index (κ2) is 10.8. The standard InChI is InChI=1S/C12H21N3S.HI/c1-3-4-8-14-12(13-2)15-9-7-11-6-5-10-16-11;/h5-6,10H,3-4,7-9H2,1-2H3,(H2,13,14,15);1H. The lowest BCUT2D eigenvalue weighted by Gasteiger charge is -2.10. The maximum absolute atomic E-state index is 4.18. The van der Waals surface area contributed by atoms with Crippen LogP contribution in [0.1, 0.15) is 24.6 Å². The van der Waals surface area contributed by atoms with Crippen LogP contribution in [-0.4, -0.2) is 26.1 Å². The zero-order chi connectivity index (χ0) is 11.6. The van der Waals surface area contributed by atoms with E-state index in [1.807, 2.05) is 7.05 Å². The number of rotatable bonds is 6. The van der Waals surface area contributed by atoms with Crippen LogP contribution in [0.25, 0.3) is 0 Å². The molecule has 0 spiro atoms. The highest BCUT2D eigenvalue weighted by Gasteiger charge is 1.97. The van der Waals surface area contributed by atoms with Gasteiger partial charge in [0.1, 0.15) is 0 Å². The van der Waals surface area contributed by atoms with E-state index in [2.05, 4.69) is 40.1 Å². The summed E-state index contributed by atoms with van der Waals surface area (Å²) in [7, 11) is 1.81. The van der Waals surface area contributed by atoms with Crippen LogP contribution in [0, 0.1) is 0 Å². The Labute approximate surface area is 125 Å². The van der Waals surface area contributed by atoms with Crippen LogP contribution in [0.15, 0.2) is 22.5 Å².